The number of carbonyl (C=O) groups excluding carboxylic acids is 6. The van der Waals surface area contributed by atoms with Gasteiger partial charge in [0.15, 0.2) is 11.6 Å². The van der Waals surface area contributed by atoms with Crippen molar-refractivity contribution in [1.29, 1.82) is 0 Å². The Kier molecular flexibility index (Phi) is 27.1. The van der Waals surface area contributed by atoms with Crippen LogP contribution in [0.2, 0.25) is 0 Å². The topological polar surface area (TPSA) is 192 Å². The van der Waals surface area contributed by atoms with Crippen LogP contribution in [-0.4, -0.2) is 168 Å². The summed E-state index contributed by atoms with van der Waals surface area (Å²) in [6.07, 6.45) is 0.699. The largest absolute Gasteiger partial charge is 0.467 e. The van der Waals surface area contributed by atoms with Crippen molar-refractivity contribution in [2.75, 3.05) is 74.9 Å². The molecule has 1 saturated heterocycles. The van der Waals surface area contributed by atoms with Gasteiger partial charge in [0.25, 0.3) is 0 Å². The molecule has 2 N–H and O–H groups in total. The van der Waals surface area contributed by atoms with Crippen LogP contribution < -0.4 is 15.4 Å². The first-order valence-electron chi connectivity index (χ1n) is 25.8. The summed E-state index contributed by atoms with van der Waals surface area (Å²) in [5.74, 6) is -12.9. The van der Waals surface area contributed by atoms with Crippen molar-refractivity contribution in [3.05, 3.63) is 65.2 Å². The number of rotatable bonds is 32. The molecular formula is C54H81F4N5O12. The highest BCUT2D eigenvalue weighted by molar-refractivity contribution is 5.90. The number of benzene rings is 2. The van der Waals surface area contributed by atoms with E-state index in [1.54, 1.807) is 23.8 Å². The van der Waals surface area contributed by atoms with Gasteiger partial charge in [-0.3, -0.25) is 28.9 Å². The van der Waals surface area contributed by atoms with Crippen LogP contribution in [0.15, 0.2) is 36.4 Å². The van der Waals surface area contributed by atoms with Crippen LogP contribution in [0.1, 0.15) is 92.6 Å². The second-order valence-electron chi connectivity index (χ2n) is 19.9. The lowest BCUT2D eigenvalue weighted by Gasteiger charge is -2.41. The smallest absolute Gasteiger partial charge is 0.328 e. The van der Waals surface area contributed by atoms with E-state index >= 15 is 0 Å². The number of carbonyl (C=O) groups is 6. The zero-order valence-electron chi connectivity index (χ0n) is 45.8. The molecule has 0 spiro atoms. The lowest BCUT2D eigenvalue weighted by molar-refractivity contribution is -0.149. The molecule has 1 unspecified atom stereocenters. The van der Waals surface area contributed by atoms with E-state index in [4.69, 9.17) is 23.7 Å². The molecule has 4 amide bonds. The number of amides is 4. The predicted molar refractivity (Wildman–Crippen MR) is 271 cm³/mol. The lowest BCUT2D eigenvalue weighted by Crippen LogP contribution is -2.60. The highest BCUT2D eigenvalue weighted by atomic mass is 19.2. The van der Waals surface area contributed by atoms with E-state index < -0.39 is 102 Å². The lowest BCUT2D eigenvalue weighted by atomic mass is 9.89. The number of nitrogens with one attached hydrogen (secondary N) is 2. The fourth-order valence-electron chi connectivity index (χ4n) is 9.62. The van der Waals surface area contributed by atoms with Crippen LogP contribution in [0, 0.1) is 46.9 Å². The van der Waals surface area contributed by atoms with Crippen molar-refractivity contribution in [1.82, 2.24) is 25.3 Å². The summed E-state index contributed by atoms with van der Waals surface area (Å²) in [4.78, 5) is 86.9. The molecule has 3 rings (SSSR count). The average molecular weight is 1070 g/mol. The zero-order valence-corrected chi connectivity index (χ0v) is 45.8. The number of hydrogen-bond donors (Lipinski definition) is 2. The van der Waals surface area contributed by atoms with Crippen molar-refractivity contribution in [2.24, 2.45) is 23.7 Å². The van der Waals surface area contributed by atoms with Gasteiger partial charge < -0.3 is 48.9 Å². The first-order valence-corrected chi connectivity index (χ1v) is 25.8. The Morgan fingerprint density at radius 3 is 1.99 bits per heavy atom. The molecule has 2 aromatic carbocycles. The van der Waals surface area contributed by atoms with Crippen molar-refractivity contribution in [3.63, 3.8) is 0 Å². The number of hydrogen-bond acceptors (Lipinski definition) is 13. The Labute approximate surface area is 440 Å². The van der Waals surface area contributed by atoms with E-state index in [0.29, 0.717) is 45.4 Å². The van der Waals surface area contributed by atoms with Gasteiger partial charge in [0, 0.05) is 53.5 Å². The first kappa shape index (κ1) is 64.1. The molecule has 0 aromatic heterocycles. The summed E-state index contributed by atoms with van der Waals surface area (Å²) in [6.45, 7) is 14.4. The third kappa shape index (κ3) is 18.5. The molecule has 0 aliphatic carbocycles. The van der Waals surface area contributed by atoms with Crippen LogP contribution in [0.5, 0.6) is 5.75 Å². The summed E-state index contributed by atoms with van der Waals surface area (Å²) < 4.78 is 86.9. The molecule has 75 heavy (non-hydrogen) atoms. The van der Waals surface area contributed by atoms with Gasteiger partial charge in [-0.05, 0) is 49.6 Å². The Hall–Kier alpha value is -5.22. The minimum Gasteiger partial charge on any atom is -0.467 e. The molecule has 0 bridgehead atoms. The molecule has 21 heteroatoms. The quantitative estimate of drug-likeness (QED) is 0.0291. The van der Waals surface area contributed by atoms with E-state index in [1.165, 1.54) is 21.3 Å². The van der Waals surface area contributed by atoms with Crippen LogP contribution in [-0.2, 0) is 58.9 Å². The Morgan fingerprint density at radius 2 is 1.43 bits per heavy atom. The first-order chi connectivity index (χ1) is 35.5. The van der Waals surface area contributed by atoms with Gasteiger partial charge in [-0.1, -0.05) is 85.2 Å². The van der Waals surface area contributed by atoms with Gasteiger partial charge in [0.1, 0.15) is 12.1 Å². The third-order valence-electron chi connectivity index (χ3n) is 13.9. The van der Waals surface area contributed by atoms with Crippen LogP contribution in [0.25, 0.3) is 0 Å². The van der Waals surface area contributed by atoms with Crippen LogP contribution >= 0.6 is 0 Å². The number of esters is 2. The monoisotopic (exact) mass is 1070 g/mol. The molecule has 1 fully saturated rings. The highest BCUT2D eigenvalue weighted by Crippen LogP contribution is 2.31. The molecule has 422 valence electrons. The van der Waals surface area contributed by atoms with Crippen molar-refractivity contribution < 1.29 is 74.8 Å². The van der Waals surface area contributed by atoms with E-state index in [0.717, 1.165) is 5.56 Å². The Balaban J connectivity index is 1.60. The Bertz CT molecular complexity index is 2130. The second kappa shape index (κ2) is 31.7. The normalized spacial score (nSPS) is 16.9. The summed E-state index contributed by atoms with van der Waals surface area (Å²) in [7, 11) is 7.75. The zero-order chi connectivity index (χ0) is 56.1. The summed E-state index contributed by atoms with van der Waals surface area (Å²) in [6, 6.07) is 5.78. The number of nitrogens with zero attached hydrogens (tertiary/aromatic N) is 3. The number of halogens is 4. The molecular weight excluding hydrogens is 987 g/mol. The number of methoxy groups -OCH3 is 3. The summed E-state index contributed by atoms with van der Waals surface area (Å²) >= 11 is 0. The number of ether oxygens (including phenoxy) is 6. The maximum atomic E-state index is 14.6. The maximum Gasteiger partial charge on any atom is 0.328 e. The third-order valence-corrected chi connectivity index (χ3v) is 13.9. The standard InChI is InChI=1S/C54H81F4N5O12/c1-13-34(6)48(41(70-10)31-42(64)63-24-17-21-40(63)49(71-11)35(7)51(66)59-39(54(69)72-12)29-36-19-15-14-16-20-36)62(9)53(68)46(32(2)3)60-52(67)47(33(4)5)61(8)23-18-25-73-27-28-74-26-22-43(65)75-50-44(57)37(55)30-38(56)45(50)58/h14-16,19-20,30,32-35,39-41,46-49H,13,17-18,21-29,31H2,1-12H3,(H,59,66)(H,60,67)/t34-,35+,39?,40-,41+,46-,47-,48-,49+/m0/s1. The average Bonchev–Trinajstić information content (AvgIpc) is 3.87. The van der Waals surface area contributed by atoms with E-state index in [1.807, 2.05) is 83.8 Å². The SMILES string of the molecule is CC[C@H](C)[C@@H]([C@@H](CC(=O)N1CCC[C@H]1[C@H](OC)[C@@H](C)C(=O)NC(Cc1ccccc1)C(=O)OC)OC)N(C)C(=O)[C@@H](NC(=O)[C@H](C(C)C)N(C)CCCOCCOCCC(=O)Oc1c(F)c(F)cc(F)c1F)C(C)C. The summed E-state index contributed by atoms with van der Waals surface area (Å²) in [5.41, 5.74) is 0.844. The molecule has 1 heterocycles. The van der Waals surface area contributed by atoms with E-state index in [2.05, 4.69) is 15.4 Å². The minimum absolute atomic E-state index is 0.00539. The Morgan fingerprint density at radius 1 is 0.800 bits per heavy atom. The molecule has 17 nitrogen and oxygen atoms in total. The fourth-order valence-corrected chi connectivity index (χ4v) is 9.62. The molecule has 0 saturated carbocycles. The van der Waals surface area contributed by atoms with Crippen molar-refractivity contribution in [2.45, 2.75) is 136 Å². The van der Waals surface area contributed by atoms with Gasteiger partial charge in [-0.15, -0.1) is 0 Å². The van der Waals surface area contributed by atoms with E-state index in [9.17, 15) is 46.3 Å². The maximum absolute atomic E-state index is 14.6. The number of likely N-dealkylation sites (N-methyl/N-ethyl adjacent to an activating group) is 2. The van der Waals surface area contributed by atoms with Gasteiger partial charge in [0.2, 0.25) is 41.0 Å². The van der Waals surface area contributed by atoms with Gasteiger partial charge in [-0.25, -0.2) is 13.6 Å². The second-order valence-corrected chi connectivity index (χ2v) is 19.9. The van der Waals surface area contributed by atoms with E-state index in [-0.39, 0.29) is 74.2 Å². The minimum atomic E-state index is -1.83. The molecule has 0 radical (unpaired) electrons. The molecule has 1 aliphatic rings. The van der Waals surface area contributed by atoms with Gasteiger partial charge in [-0.2, -0.15) is 8.78 Å². The predicted octanol–water partition coefficient (Wildman–Crippen LogP) is 5.88. The molecule has 2 aromatic rings. The van der Waals surface area contributed by atoms with Crippen molar-refractivity contribution in [3.8, 4) is 5.75 Å². The number of likely N-dealkylation sites (tertiary alicyclic amines) is 1. The van der Waals surface area contributed by atoms with Gasteiger partial charge in [0.05, 0.1) is 76.0 Å². The van der Waals surface area contributed by atoms with Crippen molar-refractivity contribution >= 4 is 35.6 Å². The van der Waals surface area contributed by atoms with Crippen LogP contribution in [0.3, 0.4) is 0 Å². The highest BCUT2D eigenvalue weighted by Gasteiger charge is 2.44. The fraction of sp³-hybridized carbons (Fsp3) is 0.667. The van der Waals surface area contributed by atoms with Crippen LogP contribution in [0.4, 0.5) is 17.6 Å². The molecule has 1 aliphatic heterocycles. The molecule has 9 atom stereocenters. The summed E-state index contributed by atoms with van der Waals surface area (Å²) in [5, 5.41) is 5.89. The van der Waals surface area contributed by atoms with Gasteiger partial charge >= 0.3 is 11.9 Å².